The van der Waals surface area contributed by atoms with E-state index in [4.69, 9.17) is 5.73 Å². The minimum Gasteiger partial charge on any atom is -0.387 e. The molecule has 11 heavy (non-hydrogen) atoms. The third-order valence-corrected chi connectivity index (χ3v) is 1.77. The lowest BCUT2D eigenvalue weighted by Crippen LogP contribution is -2.11. The number of rotatable bonds is 2. The lowest BCUT2D eigenvalue weighted by Gasteiger charge is -2.05. The van der Waals surface area contributed by atoms with Gasteiger partial charge in [0.2, 0.25) is 0 Å². The lowest BCUT2D eigenvalue weighted by atomic mass is 10.1. The number of nitrogens with two attached hydrogens (primary N) is 1. The number of nitrogens with one attached hydrogen (secondary N) is 1. The van der Waals surface area contributed by atoms with Gasteiger partial charge in [-0.2, -0.15) is 0 Å². The second kappa shape index (κ2) is 3.07. The Morgan fingerprint density at radius 1 is 1.64 bits per heavy atom. The van der Waals surface area contributed by atoms with E-state index in [9.17, 15) is 5.11 Å². The van der Waals surface area contributed by atoms with Gasteiger partial charge in [0.05, 0.1) is 6.10 Å². The molecule has 0 saturated heterocycles. The van der Waals surface area contributed by atoms with Gasteiger partial charge in [-0.05, 0) is 19.9 Å². The predicted octanol–water partition coefficient (Wildman–Crippen LogP) is 0.624. The molecular weight excluding hydrogens is 140 g/mol. The molecule has 3 nitrogen and oxygen atoms in total. The Morgan fingerprint density at radius 2 is 2.27 bits per heavy atom. The summed E-state index contributed by atoms with van der Waals surface area (Å²) in [5.74, 6) is 0. The minimum absolute atomic E-state index is 0.276. The summed E-state index contributed by atoms with van der Waals surface area (Å²) in [5, 5.41) is 9.38. The Labute approximate surface area is 66.2 Å². The second-order valence-electron chi connectivity index (χ2n) is 2.78. The highest BCUT2D eigenvalue weighted by Crippen LogP contribution is 2.16. The van der Waals surface area contributed by atoms with Crippen LogP contribution in [0.3, 0.4) is 0 Å². The van der Waals surface area contributed by atoms with Gasteiger partial charge in [-0.25, -0.2) is 0 Å². The van der Waals surface area contributed by atoms with Crippen molar-refractivity contribution in [3.8, 4) is 0 Å². The number of H-pyrrole nitrogens is 1. The van der Waals surface area contributed by atoms with Crippen molar-refractivity contribution >= 4 is 0 Å². The zero-order chi connectivity index (χ0) is 8.43. The van der Waals surface area contributed by atoms with E-state index >= 15 is 0 Å². The SMILES string of the molecule is Cc1cc([C@@H](O)CN)c(C)[nH]1. The van der Waals surface area contributed by atoms with E-state index in [-0.39, 0.29) is 6.54 Å². The monoisotopic (exact) mass is 154 g/mol. The zero-order valence-electron chi connectivity index (χ0n) is 6.89. The molecule has 0 radical (unpaired) electrons. The van der Waals surface area contributed by atoms with Gasteiger partial charge in [0.15, 0.2) is 0 Å². The predicted molar refractivity (Wildman–Crippen MR) is 44.3 cm³/mol. The van der Waals surface area contributed by atoms with Gasteiger partial charge >= 0.3 is 0 Å². The van der Waals surface area contributed by atoms with E-state index < -0.39 is 6.10 Å². The first-order valence-corrected chi connectivity index (χ1v) is 3.69. The zero-order valence-corrected chi connectivity index (χ0v) is 6.89. The van der Waals surface area contributed by atoms with Crippen LogP contribution in [0.25, 0.3) is 0 Å². The Balaban J connectivity index is 2.93. The van der Waals surface area contributed by atoms with Crippen molar-refractivity contribution in [1.29, 1.82) is 0 Å². The molecule has 0 fully saturated rings. The molecule has 1 rings (SSSR count). The van der Waals surface area contributed by atoms with E-state index in [1.807, 2.05) is 19.9 Å². The Bertz CT molecular complexity index is 242. The topological polar surface area (TPSA) is 62.0 Å². The molecule has 1 aromatic heterocycles. The van der Waals surface area contributed by atoms with Crippen LogP contribution in [0, 0.1) is 13.8 Å². The first kappa shape index (κ1) is 8.30. The molecule has 0 unspecified atom stereocenters. The number of aromatic amines is 1. The standard InChI is InChI=1S/C8H14N2O/c1-5-3-7(6(2)10-5)8(11)4-9/h3,8,10-11H,4,9H2,1-2H3/t8-/m0/s1. The molecule has 4 N–H and O–H groups in total. The molecule has 0 bridgehead atoms. The highest BCUT2D eigenvalue weighted by atomic mass is 16.3. The van der Waals surface area contributed by atoms with E-state index in [1.165, 1.54) is 0 Å². The largest absolute Gasteiger partial charge is 0.387 e. The van der Waals surface area contributed by atoms with E-state index in [2.05, 4.69) is 4.98 Å². The average Bonchev–Trinajstić information content (AvgIpc) is 2.28. The molecule has 3 heteroatoms. The minimum atomic E-state index is -0.528. The molecular formula is C8H14N2O. The van der Waals surface area contributed by atoms with Crippen LogP contribution in [-0.4, -0.2) is 16.6 Å². The normalized spacial score (nSPS) is 13.5. The molecule has 0 aliphatic rings. The number of hydrogen-bond acceptors (Lipinski definition) is 2. The molecule has 0 spiro atoms. The summed E-state index contributed by atoms with van der Waals surface area (Å²) in [6.45, 7) is 4.17. The summed E-state index contributed by atoms with van der Waals surface area (Å²) < 4.78 is 0. The van der Waals surface area contributed by atoms with E-state index in [0.29, 0.717) is 0 Å². The molecule has 0 amide bonds. The van der Waals surface area contributed by atoms with Gasteiger partial charge in [0, 0.05) is 23.5 Å². The first-order chi connectivity index (χ1) is 5.15. The number of aryl methyl sites for hydroxylation is 2. The molecule has 0 aromatic carbocycles. The van der Waals surface area contributed by atoms with Crippen molar-refractivity contribution in [2.24, 2.45) is 5.73 Å². The fraction of sp³-hybridized carbons (Fsp3) is 0.500. The maximum Gasteiger partial charge on any atom is 0.0929 e. The van der Waals surface area contributed by atoms with Crippen LogP contribution in [-0.2, 0) is 0 Å². The maximum absolute atomic E-state index is 9.38. The fourth-order valence-electron chi connectivity index (χ4n) is 1.22. The number of aliphatic hydroxyl groups excluding tert-OH is 1. The van der Waals surface area contributed by atoms with E-state index in [0.717, 1.165) is 17.0 Å². The summed E-state index contributed by atoms with van der Waals surface area (Å²) in [6, 6.07) is 1.92. The summed E-state index contributed by atoms with van der Waals surface area (Å²) in [7, 11) is 0. The van der Waals surface area contributed by atoms with Gasteiger partial charge in [0.25, 0.3) is 0 Å². The molecule has 0 aliphatic heterocycles. The first-order valence-electron chi connectivity index (χ1n) is 3.69. The molecule has 1 atom stereocenters. The Hall–Kier alpha value is -0.800. The second-order valence-corrected chi connectivity index (χ2v) is 2.78. The van der Waals surface area contributed by atoms with Crippen molar-refractivity contribution in [3.63, 3.8) is 0 Å². The third-order valence-electron chi connectivity index (χ3n) is 1.77. The summed E-state index contributed by atoms with van der Waals surface area (Å²) in [5.41, 5.74) is 8.29. The van der Waals surface area contributed by atoms with Gasteiger partial charge in [-0.15, -0.1) is 0 Å². The van der Waals surface area contributed by atoms with Crippen LogP contribution >= 0.6 is 0 Å². The van der Waals surface area contributed by atoms with Crippen LogP contribution in [0.5, 0.6) is 0 Å². The molecule has 1 aromatic rings. The highest BCUT2D eigenvalue weighted by Gasteiger charge is 2.09. The number of hydrogen-bond donors (Lipinski definition) is 3. The molecule has 1 heterocycles. The summed E-state index contributed by atoms with van der Waals surface area (Å²) in [6.07, 6.45) is -0.528. The van der Waals surface area contributed by atoms with Crippen molar-refractivity contribution in [3.05, 3.63) is 23.0 Å². The highest BCUT2D eigenvalue weighted by molar-refractivity contribution is 5.26. The molecule has 0 aliphatic carbocycles. The van der Waals surface area contributed by atoms with Crippen LogP contribution in [0.1, 0.15) is 23.1 Å². The van der Waals surface area contributed by atoms with Crippen LogP contribution in [0.2, 0.25) is 0 Å². The van der Waals surface area contributed by atoms with Gasteiger partial charge in [-0.1, -0.05) is 0 Å². The molecule has 62 valence electrons. The van der Waals surface area contributed by atoms with E-state index in [1.54, 1.807) is 0 Å². The van der Waals surface area contributed by atoms with Crippen LogP contribution in [0.15, 0.2) is 6.07 Å². The van der Waals surface area contributed by atoms with Crippen molar-refractivity contribution in [2.75, 3.05) is 6.54 Å². The number of aliphatic hydroxyl groups is 1. The smallest absolute Gasteiger partial charge is 0.0929 e. The summed E-state index contributed by atoms with van der Waals surface area (Å²) in [4.78, 5) is 3.11. The van der Waals surface area contributed by atoms with Crippen LogP contribution in [0.4, 0.5) is 0 Å². The lowest BCUT2D eigenvalue weighted by molar-refractivity contribution is 0.186. The van der Waals surface area contributed by atoms with Gasteiger partial charge < -0.3 is 15.8 Å². The van der Waals surface area contributed by atoms with Crippen molar-refractivity contribution in [2.45, 2.75) is 20.0 Å². The quantitative estimate of drug-likeness (QED) is 0.585. The maximum atomic E-state index is 9.38. The third kappa shape index (κ3) is 1.61. The Morgan fingerprint density at radius 3 is 2.64 bits per heavy atom. The average molecular weight is 154 g/mol. The molecule has 0 saturated carbocycles. The summed E-state index contributed by atoms with van der Waals surface area (Å²) >= 11 is 0. The van der Waals surface area contributed by atoms with Crippen LogP contribution < -0.4 is 5.73 Å². The Kier molecular flexibility index (Phi) is 2.31. The van der Waals surface area contributed by atoms with Crippen molar-refractivity contribution in [1.82, 2.24) is 4.98 Å². The number of aromatic nitrogens is 1. The van der Waals surface area contributed by atoms with Crippen molar-refractivity contribution < 1.29 is 5.11 Å². The fourth-order valence-corrected chi connectivity index (χ4v) is 1.22. The van der Waals surface area contributed by atoms with Gasteiger partial charge in [0.1, 0.15) is 0 Å². The van der Waals surface area contributed by atoms with Gasteiger partial charge in [-0.3, -0.25) is 0 Å².